The molecule has 2 aromatic rings. The molecular formula is C18H17BrClN3O2. The van der Waals surface area contributed by atoms with E-state index in [9.17, 15) is 9.59 Å². The molecule has 0 aromatic heterocycles. The first-order valence-corrected chi connectivity index (χ1v) is 9.04. The Balaban J connectivity index is 1.65. The fourth-order valence-corrected chi connectivity index (χ4v) is 3.24. The molecule has 25 heavy (non-hydrogen) atoms. The number of carbonyl (C=O) groups is 2. The number of nitrogens with one attached hydrogen (secondary N) is 2. The standard InChI is InChI=1S/C18H17BrClN3O2/c19-13-3-1-12(2-4-13)9-17(24)22-14-5-6-16(15(20)10-14)23-8-7-21-18(25)11-23/h1-6,10H,7-9,11H2,(H,21,25)(H,22,24). The van der Waals surface area contributed by atoms with E-state index in [2.05, 4.69) is 26.6 Å². The highest BCUT2D eigenvalue weighted by Crippen LogP contribution is 2.29. The lowest BCUT2D eigenvalue weighted by Crippen LogP contribution is -2.47. The summed E-state index contributed by atoms with van der Waals surface area (Å²) in [5.74, 6) is -0.127. The van der Waals surface area contributed by atoms with Crippen LogP contribution in [0.5, 0.6) is 0 Å². The molecule has 0 aliphatic carbocycles. The topological polar surface area (TPSA) is 61.4 Å². The fraction of sp³-hybridized carbons (Fsp3) is 0.222. The maximum absolute atomic E-state index is 12.2. The number of rotatable bonds is 4. The number of halogens is 2. The lowest BCUT2D eigenvalue weighted by Gasteiger charge is -2.29. The Morgan fingerprint density at radius 1 is 1.24 bits per heavy atom. The van der Waals surface area contributed by atoms with Gasteiger partial charge in [0, 0.05) is 23.2 Å². The molecule has 2 aromatic carbocycles. The van der Waals surface area contributed by atoms with Crippen LogP contribution in [0.25, 0.3) is 0 Å². The highest BCUT2D eigenvalue weighted by Gasteiger charge is 2.18. The fourth-order valence-electron chi connectivity index (χ4n) is 2.68. The first-order chi connectivity index (χ1) is 12.0. The zero-order valence-electron chi connectivity index (χ0n) is 13.4. The summed E-state index contributed by atoms with van der Waals surface area (Å²) in [5.41, 5.74) is 2.36. The maximum atomic E-state index is 12.2. The lowest BCUT2D eigenvalue weighted by atomic mass is 10.1. The van der Waals surface area contributed by atoms with Gasteiger partial charge in [-0.05, 0) is 35.9 Å². The SMILES string of the molecule is O=C1CN(c2ccc(NC(=O)Cc3ccc(Br)cc3)cc2Cl)CCN1. The van der Waals surface area contributed by atoms with Crippen LogP contribution in [0.4, 0.5) is 11.4 Å². The van der Waals surface area contributed by atoms with Gasteiger partial charge in [-0.25, -0.2) is 0 Å². The molecular weight excluding hydrogens is 406 g/mol. The summed E-state index contributed by atoms with van der Waals surface area (Å²) in [6.45, 7) is 1.59. The average Bonchev–Trinajstić information content (AvgIpc) is 2.57. The zero-order chi connectivity index (χ0) is 17.8. The van der Waals surface area contributed by atoms with Crippen molar-refractivity contribution in [2.75, 3.05) is 29.9 Å². The van der Waals surface area contributed by atoms with Gasteiger partial charge in [-0.3, -0.25) is 9.59 Å². The molecule has 130 valence electrons. The van der Waals surface area contributed by atoms with Gasteiger partial charge in [-0.15, -0.1) is 0 Å². The number of anilines is 2. The number of benzene rings is 2. The van der Waals surface area contributed by atoms with E-state index in [0.29, 0.717) is 30.2 Å². The van der Waals surface area contributed by atoms with Crippen molar-refractivity contribution in [3.05, 3.63) is 57.5 Å². The molecule has 2 amide bonds. The van der Waals surface area contributed by atoms with E-state index in [0.717, 1.165) is 15.7 Å². The number of piperazine rings is 1. The molecule has 3 rings (SSSR count). The maximum Gasteiger partial charge on any atom is 0.239 e. The summed E-state index contributed by atoms with van der Waals surface area (Å²) in [7, 11) is 0. The molecule has 5 nitrogen and oxygen atoms in total. The number of nitrogens with zero attached hydrogens (tertiary/aromatic N) is 1. The van der Waals surface area contributed by atoms with Crippen molar-refractivity contribution < 1.29 is 9.59 Å². The van der Waals surface area contributed by atoms with Gasteiger partial charge in [0.2, 0.25) is 11.8 Å². The van der Waals surface area contributed by atoms with Crippen LogP contribution >= 0.6 is 27.5 Å². The summed E-state index contributed by atoms with van der Waals surface area (Å²) in [6.07, 6.45) is 0.291. The van der Waals surface area contributed by atoms with Gasteiger partial charge in [0.15, 0.2) is 0 Å². The molecule has 0 unspecified atom stereocenters. The van der Waals surface area contributed by atoms with Crippen LogP contribution in [0, 0.1) is 0 Å². The molecule has 1 saturated heterocycles. The quantitative estimate of drug-likeness (QED) is 0.795. The second kappa shape index (κ2) is 7.89. The molecule has 0 radical (unpaired) electrons. The summed E-state index contributed by atoms with van der Waals surface area (Å²) in [5, 5.41) is 6.14. The molecule has 0 bridgehead atoms. The van der Waals surface area contributed by atoms with Crippen LogP contribution in [0.1, 0.15) is 5.56 Å². The zero-order valence-corrected chi connectivity index (χ0v) is 15.7. The number of hydrogen-bond donors (Lipinski definition) is 2. The second-order valence-corrected chi connectivity index (χ2v) is 7.11. The van der Waals surface area contributed by atoms with Gasteiger partial charge >= 0.3 is 0 Å². The van der Waals surface area contributed by atoms with Crippen molar-refractivity contribution in [1.29, 1.82) is 0 Å². The smallest absolute Gasteiger partial charge is 0.239 e. The minimum absolute atomic E-state index is 0.0193. The summed E-state index contributed by atoms with van der Waals surface area (Å²) in [4.78, 5) is 25.6. The van der Waals surface area contributed by atoms with Crippen molar-refractivity contribution in [2.45, 2.75) is 6.42 Å². The van der Waals surface area contributed by atoms with Crippen molar-refractivity contribution in [3.63, 3.8) is 0 Å². The van der Waals surface area contributed by atoms with E-state index in [1.807, 2.05) is 35.2 Å². The molecule has 0 spiro atoms. The van der Waals surface area contributed by atoms with Crippen LogP contribution in [0.2, 0.25) is 5.02 Å². The van der Waals surface area contributed by atoms with E-state index < -0.39 is 0 Å². The van der Waals surface area contributed by atoms with E-state index in [1.54, 1.807) is 12.1 Å². The molecule has 1 heterocycles. The molecule has 1 aliphatic rings. The molecule has 1 aliphatic heterocycles. The molecule has 7 heteroatoms. The monoisotopic (exact) mass is 421 g/mol. The first-order valence-electron chi connectivity index (χ1n) is 7.87. The Morgan fingerprint density at radius 3 is 2.68 bits per heavy atom. The van der Waals surface area contributed by atoms with E-state index in [-0.39, 0.29) is 18.4 Å². The minimum atomic E-state index is -0.108. The summed E-state index contributed by atoms with van der Waals surface area (Å²) in [6, 6.07) is 13.0. The first kappa shape index (κ1) is 17.8. The normalized spacial score (nSPS) is 14.2. The van der Waals surface area contributed by atoms with Crippen LogP contribution in [0.15, 0.2) is 46.9 Å². The molecule has 0 saturated carbocycles. The van der Waals surface area contributed by atoms with Crippen LogP contribution in [-0.4, -0.2) is 31.4 Å². The minimum Gasteiger partial charge on any atom is -0.359 e. The summed E-state index contributed by atoms with van der Waals surface area (Å²) < 4.78 is 0.977. The average molecular weight is 423 g/mol. The third-order valence-corrected chi connectivity index (χ3v) is 4.72. The Morgan fingerprint density at radius 2 is 2.00 bits per heavy atom. The Labute approximate surface area is 159 Å². The molecule has 1 fully saturated rings. The predicted octanol–water partition coefficient (Wildman–Crippen LogP) is 3.22. The van der Waals surface area contributed by atoms with Crippen LogP contribution < -0.4 is 15.5 Å². The molecule has 0 atom stereocenters. The van der Waals surface area contributed by atoms with Crippen LogP contribution in [0.3, 0.4) is 0 Å². The van der Waals surface area contributed by atoms with Crippen molar-refractivity contribution in [3.8, 4) is 0 Å². The summed E-state index contributed by atoms with van der Waals surface area (Å²) >= 11 is 9.71. The van der Waals surface area contributed by atoms with Gasteiger partial charge in [0.05, 0.1) is 23.7 Å². The third kappa shape index (κ3) is 4.74. The largest absolute Gasteiger partial charge is 0.359 e. The molecule has 2 N–H and O–H groups in total. The highest BCUT2D eigenvalue weighted by atomic mass is 79.9. The van der Waals surface area contributed by atoms with E-state index in [4.69, 9.17) is 11.6 Å². The van der Waals surface area contributed by atoms with Crippen molar-refractivity contribution in [2.24, 2.45) is 0 Å². The van der Waals surface area contributed by atoms with E-state index >= 15 is 0 Å². The Bertz CT molecular complexity index is 795. The third-order valence-electron chi connectivity index (χ3n) is 3.89. The van der Waals surface area contributed by atoms with Gasteiger partial charge in [-0.2, -0.15) is 0 Å². The Kier molecular flexibility index (Phi) is 5.60. The highest BCUT2D eigenvalue weighted by molar-refractivity contribution is 9.10. The van der Waals surface area contributed by atoms with Gasteiger partial charge in [-0.1, -0.05) is 39.7 Å². The van der Waals surface area contributed by atoms with Gasteiger partial charge < -0.3 is 15.5 Å². The number of hydrogen-bond acceptors (Lipinski definition) is 3. The van der Waals surface area contributed by atoms with Crippen molar-refractivity contribution in [1.82, 2.24) is 5.32 Å². The van der Waals surface area contributed by atoms with E-state index in [1.165, 1.54) is 0 Å². The second-order valence-electron chi connectivity index (χ2n) is 5.79. The number of amides is 2. The van der Waals surface area contributed by atoms with Gasteiger partial charge in [0.25, 0.3) is 0 Å². The Hall–Kier alpha value is -2.05. The predicted molar refractivity (Wildman–Crippen MR) is 103 cm³/mol. The number of carbonyl (C=O) groups excluding carboxylic acids is 2. The van der Waals surface area contributed by atoms with Gasteiger partial charge in [0.1, 0.15) is 0 Å². The van der Waals surface area contributed by atoms with Crippen LogP contribution in [-0.2, 0) is 16.0 Å². The lowest BCUT2D eigenvalue weighted by molar-refractivity contribution is -0.120. The van der Waals surface area contributed by atoms with Crippen molar-refractivity contribution >= 4 is 50.7 Å².